The van der Waals surface area contributed by atoms with Crippen molar-refractivity contribution in [2.45, 2.75) is 37.8 Å². The van der Waals surface area contributed by atoms with Crippen LogP contribution >= 0.6 is 0 Å². The van der Waals surface area contributed by atoms with E-state index in [4.69, 9.17) is 4.52 Å². The van der Waals surface area contributed by atoms with Crippen LogP contribution in [0.3, 0.4) is 0 Å². The highest BCUT2D eigenvalue weighted by Crippen LogP contribution is 2.26. The molecule has 1 unspecified atom stereocenters. The van der Waals surface area contributed by atoms with Gasteiger partial charge < -0.3 is 14.7 Å². The summed E-state index contributed by atoms with van der Waals surface area (Å²) in [6.07, 6.45) is 0.483. The predicted molar refractivity (Wildman–Crippen MR) is 95.0 cm³/mol. The van der Waals surface area contributed by atoms with Gasteiger partial charge in [-0.2, -0.15) is 0 Å². The topological polar surface area (TPSA) is 105 Å². The highest BCUT2D eigenvalue weighted by molar-refractivity contribution is 7.89. The number of benzene rings is 1. The smallest absolute Gasteiger partial charge is 0.318 e. The molecule has 2 N–H and O–H groups in total. The number of nitrogens with one attached hydrogen (secondary N) is 2. The van der Waals surface area contributed by atoms with Gasteiger partial charge in [0.15, 0.2) is 0 Å². The fourth-order valence-corrected chi connectivity index (χ4v) is 4.08. The lowest BCUT2D eigenvalue weighted by atomic mass is 10.00. The van der Waals surface area contributed by atoms with Gasteiger partial charge in [-0.3, -0.25) is 0 Å². The monoisotopic (exact) mass is 378 g/mol. The van der Waals surface area contributed by atoms with E-state index >= 15 is 0 Å². The average molecular weight is 378 g/mol. The van der Waals surface area contributed by atoms with Crippen LogP contribution in [0.4, 0.5) is 4.79 Å². The summed E-state index contributed by atoms with van der Waals surface area (Å²) in [5, 5.41) is 6.82. The number of hydrogen-bond acceptors (Lipinski definition) is 5. The van der Waals surface area contributed by atoms with Gasteiger partial charge in [-0.15, -0.1) is 0 Å². The number of hydrogen-bond donors (Lipinski definition) is 2. The standard InChI is InChI=1S/C17H22N4O4S/c1-11-9-15(20-25-11)12(2)19-17(22)21-8-7-14-13(10-21)5-4-6-16(14)26(23,24)18-3/h4-6,9,12,18H,7-8,10H2,1-3H3,(H,19,22). The van der Waals surface area contributed by atoms with Crippen LogP contribution in [-0.4, -0.2) is 38.1 Å². The molecule has 9 heteroatoms. The molecule has 1 aliphatic heterocycles. The van der Waals surface area contributed by atoms with E-state index in [-0.39, 0.29) is 17.0 Å². The number of rotatable bonds is 4. The minimum atomic E-state index is -3.52. The molecule has 2 heterocycles. The molecular weight excluding hydrogens is 356 g/mol. The van der Waals surface area contributed by atoms with Crippen LogP contribution < -0.4 is 10.0 Å². The zero-order chi connectivity index (χ0) is 18.9. The third kappa shape index (κ3) is 3.58. The minimum absolute atomic E-state index is 0.217. The summed E-state index contributed by atoms with van der Waals surface area (Å²) in [6.45, 7) is 4.44. The van der Waals surface area contributed by atoms with Gasteiger partial charge in [-0.1, -0.05) is 17.3 Å². The summed E-state index contributed by atoms with van der Waals surface area (Å²) < 4.78 is 31.7. The second-order valence-electron chi connectivity index (χ2n) is 6.31. The van der Waals surface area contributed by atoms with E-state index in [0.717, 1.165) is 11.1 Å². The summed E-state index contributed by atoms with van der Waals surface area (Å²) in [6, 6.07) is 6.43. The Morgan fingerprint density at radius 1 is 1.38 bits per heavy atom. The van der Waals surface area contributed by atoms with Crippen molar-refractivity contribution in [3.63, 3.8) is 0 Å². The number of carbonyl (C=O) groups is 1. The van der Waals surface area contributed by atoms with Crippen LogP contribution in [-0.2, 0) is 23.0 Å². The second kappa shape index (κ2) is 7.08. The Kier molecular flexibility index (Phi) is 5.01. The Morgan fingerprint density at radius 3 is 2.81 bits per heavy atom. The number of fused-ring (bicyclic) bond motifs is 1. The highest BCUT2D eigenvalue weighted by Gasteiger charge is 2.27. The van der Waals surface area contributed by atoms with Crippen molar-refractivity contribution >= 4 is 16.1 Å². The molecule has 1 aliphatic rings. The summed E-state index contributed by atoms with van der Waals surface area (Å²) in [4.78, 5) is 14.5. The fraction of sp³-hybridized carbons (Fsp3) is 0.412. The largest absolute Gasteiger partial charge is 0.361 e. The number of aromatic nitrogens is 1. The predicted octanol–water partition coefficient (Wildman–Crippen LogP) is 1.72. The van der Waals surface area contributed by atoms with Crippen LogP contribution in [0.15, 0.2) is 33.7 Å². The molecule has 140 valence electrons. The van der Waals surface area contributed by atoms with Crippen molar-refractivity contribution in [3.8, 4) is 0 Å². The zero-order valence-electron chi connectivity index (χ0n) is 14.9. The molecule has 1 atom stereocenters. The number of nitrogens with zero attached hydrogens (tertiary/aromatic N) is 2. The molecule has 0 saturated heterocycles. The first kappa shape index (κ1) is 18.4. The van der Waals surface area contributed by atoms with E-state index in [2.05, 4.69) is 15.2 Å². The molecule has 8 nitrogen and oxygen atoms in total. The first-order valence-electron chi connectivity index (χ1n) is 8.35. The summed E-state index contributed by atoms with van der Waals surface area (Å²) >= 11 is 0. The SMILES string of the molecule is CNS(=O)(=O)c1cccc2c1CCN(C(=O)NC(C)c1cc(C)on1)C2. The minimum Gasteiger partial charge on any atom is -0.361 e. The Hall–Kier alpha value is -2.39. The van der Waals surface area contributed by atoms with Gasteiger partial charge in [0, 0.05) is 19.2 Å². The molecule has 0 saturated carbocycles. The maximum Gasteiger partial charge on any atom is 0.318 e. The maximum absolute atomic E-state index is 12.6. The van der Waals surface area contributed by atoms with Crippen LogP contribution in [0.5, 0.6) is 0 Å². The number of sulfonamides is 1. The Bertz CT molecular complexity index is 923. The van der Waals surface area contributed by atoms with Gasteiger partial charge in [0.2, 0.25) is 10.0 Å². The van der Waals surface area contributed by atoms with Crippen molar-refractivity contribution in [3.05, 3.63) is 46.8 Å². The van der Waals surface area contributed by atoms with E-state index < -0.39 is 10.0 Å². The van der Waals surface area contributed by atoms with Gasteiger partial charge in [0.1, 0.15) is 11.5 Å². The van der Waals surface area contributed by atoms with Gasteiger partial charge in [0.25, 0.3) is 0 Å². The zero-order valence-corrected chi connectivity index (χ0v) is 15.8. The lowest BCUT2D eigenvalue weighted by Gasteiger charge is -2.30. The van der Waals surface area contributed by atoms with Crippen molar-refractivity contribution in [1.82, 2.24) is 20.1 Å². The van der Waals surface area contributed by atoms with Crippen molar-refractivity contribution in [2.24, 2.45) is 0 Å². The Labute approximate surface area is 152 Å². The molecular formula is C17H22N4O4S. The first-order chi connectivity index (χ1) is 12.3. The molecule has 1 aromatic carbocycles. The van der Waals surface area contributed by atoms with Crippen molar-refractivity contribution in [1.29, 1.82) is 0 Å². The van der Waals surface area contributed by atoms with Crippen LogP contribution in [0.1, 0.15) is 35.5 Å². The normalized spacial score (nSPS) is 15.4. The molecule has 0 aliphatic carbocycles. The Morgan fingerprint density at radius 2 is 2.15 bits per heavy atom. The van der Waals surface area contributed by atoms with Gasteiger partial charge in [-0.05, 0) is 44.5 Å². The van der Waals surface area contributed by atoms with Gasteiger partial charge in [0.05, 0.1) is 10.9 Å². The molecule has 1 aromatic heterocycles. The molecule has 0 bridgehead atoms. The molecule has 0 fully saturated rings. The molecule has 0 spiro atoms. The Balaban J connectivity index is 1.74. The van der Waals surface area contributed by atoms with E-state index in [1.165, 1.54) is 7.05 Å². The number of aryl methyl sites for hydroxylation is 1. The molecule has 26 heavy (non-hydrogen) atoms. The first-order valence-corrected chi connectivity index (χ1v) is 9.83. The van der Waals surface area contributed by atoms with Crippen LogP contribution in [0, 0.1) is 6.92 Å². The lowest BCUT2D eigenvalue weighted by Crippen LogP contribution is -2.44. The van der Waals surface area contributed by atoms with E-state index in [9.17, 15) is 13.2 Å². The number of amides is 2. The van der Waals surface area contributed by atoms with E-state index in [0.29, 0.717) is 31.0 Å². The van der Waals surface area contributed by atoms with Gasteiger partial charge >= 0.3 is 6.03 Å². The van der Waals surface area contributed by atoms with Crippen LogP contribution in [0.2, 0.25) is 0 Å². The second-order valence-corrected chi connectivity index (χ2v) is 8.16. The number of carbonyl (C=O) groups excluding carboxylic acids is 1. The highest BCUT2D eigenvalue weighted by atomic mass is 32.2. The maximum atomic E-state index is 12.6. The lowest BCUT2D eigenvalue weighted by molar-refractivity contribution is 0.188. The number of urea groups is 1. The third-order valence-electron chi connectivity index (χ3n) is 4.50. The summed E-state index contributed by atoms with van der Waals surface area (Å²) in [5.41, 5.74) is 2.27. The van der Waals surface area contributed by atoms with Crippen molar-refractivity contribution in [2.75, 3.05) is 13.6 Å². The van der Waals surface area contributed by atoms with E-state index in [1.807, 2.05) is 13.0 Å². The average Bonchev–Trinajstić information content (AvgIpc) is 3.07. The molecule has 0 radical (unpaired) electrons. The quantitative estimate of drug-likeness (QED) is 0.843. The molecule has 2 amide bonds. The van der Waals surface area contributed by atoms with E-state index in [1.54, 1.807) is 30.0 Å². The summed E-state index contributed by atoms with van der Waals surface area (Å²) in [5.74, 6) is 0.686. The van der Waals surface area contributed by atoms with Gasteiger partial charge in [-0.25, -0.2) is 17.9 Å². The third-order valence-corrected chi connectivity index (χ3v) is 6.00. The van der Waals surface area contributed by atoms with Crippen LogP contribution in [0.25, 0.3) is 0 Å². The van der Waals surface area contributed by atoms with Crippen molar-refractivity contribution < 1.29 is 17.7 Å². The molecule has 2 aromatic rings. The fourth-order valence-electron chi connectivity index (χ4n) is 3.05. The molecule has 3 rings (SSSR count). The summed E-state index contributed by atoms with van der Waals surface area (Å²) in [7, 11) is -2.12.